The van der Waals surface area contributed by atoms with Crippen LogP contribution in [0.2, 0.25) is 0 Å². The van der Waals surface area contributed by atoms with Crippen LogP contribution in [0.4, 0.5) is 0 Å². The van der Waals surface area contributed by atoms with Gasteiger partial charge in [0.15, 0.2) is 0 Å². The Hall–Kier alpha value is -3.04. The molecule has 0 atom stereocenters. The third-order valence-corrected chi connectivity index (χ3v) is 5.34. The summed E-state index contributed by atoms with van der Waals surface area (Å²) >= 11 is 1.27. The number of amides is 1. The van der Waals surface area contributed by atoms with Crippen molar-refractivity contribution in [2.45, 2.75) is 23.5 Å². The molecule has 0 aliphatic carbocycles. The number of carbonyl (C=O) groups excluding carboxylic acids is 1. The van der Waals surface area contributed by atoms with Gasteiger partial charge >= 0.3 is 5.91 Å². The fourth-order valence-corrected chi connectivity index (χ4v) is 3.81. The summed E-state index contributed by atoms with van der Waals surface area (Å²) in [6.45, 7) is 3.34. The number of nitrogens with zero attached hydrogens (tertiary/aromatic N) is 3. The van der Waals surface area contributed by atoms with E-state index in [1.807, 2.05) is 36.4 Å². The lowest BCUT2D eigenvalue weighted by Crippen LogP contribution is -2.25. The van der Waals surface area contributed by atoms with Crippen molar-refractivity contribution in [3.8, 4) is 17.2 Å². The highest BCUT2D eigenvalue weighted by Crippen LogP contribution is 2.41. The van der Waals surface area contributed by atoms with Crippen molar-refractivity contribution in [1.29, 1.82) is 5.26 Å². The van der Waals surface area contributed by atoms with Crippen molar-refractivity contribution in [1.82, 2.24) is 4.98 Å². The van der Waals surface area contributed by atoms with E-state index < -0.39 is 10.7 Å². The van der Waals surface area contributed by atoms with Crippen LogP contribution < -0.4 is 0 Å². The SMILES string of the molecule is CC(C)(Sc1ccncc1-c1ccc(C#N)c2ccccc12)C(=O)N=O. The highest BCUT2D eigenvalue weighted by molar-refractivity contribution is 8.01. The van der Waals surface area contributed by atoms with Crippen LogP contribution in [-0.4, -0.2) is 15.6 Å². The van der Waals surface area contributed by atoms with Crippen molar-refractivity contribution in [3.05, 3.63) is 65.3 Å². The predicted octanol–water partition coefficient (Wildman–Crippen LogP) is 4.94. The van der Waals surface area contributed by atoms with E-state index in [0.717, 1.165) is 26.8 Å². The molecule has 1 heterocycles. The highest BCUT2D eigenvalue weighted by Gasteiger charge is 2.31. The van der Waals surface area contributed by atoms with Crippen molar-refractivity contribution in [3.63, 3.8) is 0 Å². The molecule has 2 aromatic carbocycles. The Kier molecular flexibility index (Phi) is 4.83. The fraction of sp³-hybridized carbons (Fsp3) is 0.150. The molecule has 0 saturated heterocycles. The first kappa shape index (κ1) is 17.8. The standard InChI is InChI=1S/C20H15N3O2S/c1-20(2,19(24)23-25)26-18-9-10-22-12-17(18)16-8-7-13(11-21)14-5-3-4-6-15(14)16/h3-10,12H,1-2H3. The molecule has 3 aromatic rings. The highest BCUT2D eigenvalue weighted by atomic mass is 32.2. The monoisotopic (exact) mass is 361 g/mol. The van der Waals surface area contributed by atoms with Crippen molar-refractivity contribution in [2.75, 3.05) is 0 Å². The van der Waals surface area contributed by atoms with Crippen LogP contribution in [0.1, 0.15) is 19.4 Å². The molecule has 128 valence electrons. The van der Waals surface area contributed by atoms with Gasteiger partial charge in [0, 0.05) is 33.4 Å². The lowest BCUT2D eigenvalue weighted by Gasteiger charge is -2.20. The zero-order valence-electron chi connectivity index (χ0n) is 14.3. The van der Waals surface area contributed by atoms with Gasteiger partial charge in [0.05, 0.1) is 16.4 Å². The van der Waals surface area contributed by atoms with Crippen LogP contribution in [0.5, 0.6) is 0 Å². The second-order valence-corrected chi connectivity index (χ2v) is 7.86. The van der Waals surface area contributed by atoms with Crippen LogP contribution in [-0.2, 0) is 4.79 Å². The van der Waals surface area contributed by atoms with Crippen molar-refractivity contribution < 1.29 is 4.79 Å². The van der Waals surface area contributed by atoms with E-state index in [1.54, 1.807) is 32.3 Å². The first-order valence-electron chi connectivity index (χ1n) is 7.91. The summed E-state index contributed by atoms with van der Waals surface area (Å²) in [6.07, 6.45) is 3.37. The molecule has 1 amide bonds. The lowest BCUT2D eigenvalue weighted by molar-refractivity contribution is -0.119. The number of rotatable bonds is 4. The number of hydrogen-bond acceptors (Lipinski definition) is 5. The predicted molar refractivity (Wildman–Crippen MR) is 103 cm³/mol. The van der Waals surface area contributed by atoms with E-state index in [2.05, 4.69) is 16.2 Å². The number of thioether (sulfide) groups is 1. The molecule has 0 N–H and O–H groups in total. The maximum Gasteiger partial charge on any atom is 0.302 e. The number of benzene rings is 2. The molecule has 0 radical (unpaired) electrons. The second kappa shape index (κ2) is 7.06. The Morgan fingerprint density at radius 2 is 1.85 bits per heavy atom. The van der Waals surface area contributed by atoms with E-state index in [9.17, 15) is 15.0 Å². The van der Waals surface area contributed by atoms with E-state index in [4.69, 9.17) is 0 Å². The van der Waals surface area contributed by atoms with Gasteiger partial charge in [-0.1, -0.05) is 30.3 Å². The van der Waals surface area contributed by atoms with Crippen molar-refractivity contribution >= 4 is 28.4 Å². The molecule has 26 heavy (non-hydrogen) atoms. The molecule has 1 aromatic heterocycles. The molecule has 5 nitrogen and oxygen atoms in total. The second-order valence-electron chi connectivity index (χ2n) is 6.20. The molecule has 0 bridgehead atoms. The Labute approximate surface area is 155 Å². The number of carbonyl (C=O) groups is 1. The largest absolute Gasteiger partial charge is 0.302 e. The van der Waals surface area contributed by atoms with Crippen LogP contribution in [0, 0.1) is 16.2 Å². The Balaban J connectivity index is 2.18. The molecule has 0 spiro atoms. The van der Waals surface area contributed by atoms with Crippen LogP contribution in [0.25, 0.3) is 21.9 Å². The first-order chi connectivity index (χ1) is 12.5. The zero-order valence-corrected chi connectivity index (χ0v) is 15.1. The minimum absolute atomic E-state index is 0.600. The van der Waals surface area contributed by atoms with Gasteiger partial charge in [-0.05, 0) is 36.9 Å². The summed E-state index contributed by atoms with van der Waals surface area (Å²) in [6, 6.07) is 15.4. The van der Waals surface area contributed by atoms with Crippen LogP contribution in [0.15, 0.2) is 64.9 Å². The van der Waals surface area contributed by atoms with Gasteiger partial charge < -0.3 is 0 Å². The average Bonchev–Trinajstić information content (AvgIpc) is 2.66. The number of nitriles is 1. The molecular weight excluding hydrogens is 346 g/mol. The minimum Gasteiger partial charge on any atom is -0.267 e. The zero-order chi connectivity index (χ0) is 18.7. The summed E-state index contributed by atoms with van der Waals surface area (Å²) in [4.78, 5) is 27.6. The van der Waals surface area contributed by atoms with Gasteiger partial charge in [-0.3, -0.25) is 9.78 Å². The van der Waals surface area contributed by atoms with Gasteiger partial charge in [-0.25, -0.2) is 0 Å². The van der Waals surface area contributed by atoms with Crippen molar-refractivity contribution in [2.24, 2.45) is 5.18 Å². The number of nitroso groups, excluding NO2 is 1. The van der Waals surface area contributed by atoms with Crippen LogP contribution >= 0.6 is 11.8 Å². The smallest absolute Gasteiger partial charge is 0.267 e. The lowest BCUT2D eigenvalue weighted by atomic mass is 9.96. The van der Waals surface area contributed by atoms with E-state index >= 15 is 0 Å². The molecule has 0 unspecified atom stereocenters. The molecular formula is C20H15N3O2S. The molecule has 3 rings (SSSR count). The molecule has 6 heteroatoms. The summed E-state index contributed by atoms with van der Waals surface area (Å²) in [5.74, 6) is -0.713. The summed E-state index contributed by atoms with van der Waals surface area (Å²) < 4.78 is -0.986. The van der Waals surface area contributed by atoms with Gasteiger partial charge in [-0.2, -0.15) is 5.26 Å². The Morgan fingerprint density at radius 1 is 1.12 bits per heavy atom. The quantitative estimate of drug-likeness (QED) is 0.485. The molecule has 0 saturated carbocycles. The van der Waals surface area contributed by atoms with Gasteiger partial charge in [0.1, 0.15) is 0 Å². The number of fused-ring (bicyclic) bond motifs is 1. The average molecular weight is 361 g/mol. The first-order valence-corrected chi connectivity index (χ1v) is 8.72. The van der Waals surface area contributed by atoms with Gasteiger partial charge in [0.2, 0.25) is 0 Å². The topological polar surface area (TPSA) is 83.2 Å². The fourth-order valence-electron chi connectivity index (χ4n) is 2.73. The number of pyridine rings is 1. The molecule has 0 aliphatic heterocycles. The third-order valence-electron chi connectivity index (χ3n) is 4.08. The summed E-state index contributed by atoms with van der Waals surface area (Å²) in [7, 11) is 0. The maximum absolute atomic E-state index is 11.8. The van der Waals surface area contributed by atoms with Crippen LogP contribution in [0.3, 0.4) is 0 Å². The van der Waals surface area contributed by atoms with Gasteiger partial charge in [0.25, 0.3) is 0 Å². The normalized spacial score (nSPS) is 11.1. The van der Waals surface area contributed by atoms with E-state index in [0.29, 0.717) is 5.56 Å². The maximum atomic E-state index is 11.8. The van der Waals surface area contributed by atoms with E-state index in [1.165, 1.54) is 11.8 Å². The molecule has 0 fully saturated rings. The number of hydrogen-bond donors (Lipinski definition) is 0. The van der Waals surface area contributed by atoms with Gasteiger partial charge in [-0.15, -0.1) is 16.7 Å². The Morgan fingerprint density at radius 3 is 2.54 bits per heavy atom. The molecule has 0 aliphatic rings. The minimum atomic E-state index is -0.986. The van der Waals surface area contributed by atoms with E-state index in [-0.39, 0.29) is 0 Å². The Bertz CT molecular complexity index is 1050. The summed E-state index contributed by atoms with van der Waals surface area (Å²) in [5, 5.41) is 13.7. The number of aromatic nitrogens is 1. The summed E-state index contributed by atoms with van der Waals surface area (Å²) in [5.41, 5.74) is 2.35. The third kappa shape index (κ3) is 3.22.